The van der Waals surface area contributed by atoms with Crippen molar-refractivity contribution in [2.75, 3.05) is 19.2 Å². The number of nitrogens with zero attached hydrogens (tertiary/aromatic N) is 6. The van der Waals surface area contributed by atoms with Crippen molar-refractivity contribution < 1.29 is 9.53 Å². The number of carbonyl (C=O) groups is 1. The second-order valence-electron chi connectivity index (χ2n) is 6.55. The van der Waals surface area contributed by atoms with Gasteiger partial charge in [0.2, 0.25) is 5.43 Å². The monoisotopic (exact) mass is 378 g/mol. The molecule has 2 aliphatic heterocycles. The van der Waals surface area contributed by atoms with Crippen molar-refractivity contribution in [3.63, 3.8) is 0 Å². The molecule has 0 bridgehead atoms. The van der Waals surface area contributed by atoms with E-state index in [1.165, 1.54) is 18.1 Å². The van der Waals surface area contributed by atoms with Gasteiger partial charge in [0.1, 0.15) is 6.17 Å². The van der Waals surface area contributed by atoms with Gasteiger partial charge in [0.15, 0.2) is 11.4 Å². The van der Waals surface area contributed by atoms with Gasteiger partial charge in [0, 0.05) is 24.2 Å². The summed E-state index contributed by atoms with van der Waals surface area (Å²) in [7, 11) is 3.03. The standard InChI is InChI=1S/C19H18N6O3/c1-23-15-9-8-13(21-22-20)16(12-6-4-3-5-7-12)25(15)24-11-10-14(26)18(28-2)17(24)19(23)27/h3-11,13,15-16H,1-2H3/t13?,15-,16+/m0/s1. The summed E-state index contributed by atoms with van der Waals surface area (Å²) in [5.41, 5.74) is 9.75. The van der Waals surface area contributed by atoms with Crippen molar-refractivity contribution in [1.82, 2.24) is 9.58 Å². The molecule has 0 saturated carbocycles. The Morgan fingerprint density at radius 1 is 1.14 bits per heavy atom. The van der Waals surface area contributed by atoms with Gasteiger partial charge in [0.25, 0.3) is 5.91 Å². The quantitative estimate of drug-likeness (QED) is 0.353. The zero-order valence-corrected chi connectivity index (χ0v) is 15.3. The Morgan fingerprint density at radius 2 is 1.89 bits per heavy atom. The highest BCUT2D eigenvalue weighted by Gasteiger charge is 2.44. The summed E-state index contributed by atoms with van der Waals surface area (Å²) in [4.78, 5) is 29.8. The first-order valence-corrected chi connectivity index (χ1v) is 8.71. The van der Waals surface area contributed by atoms with Gasteiger partial charge >= 0.3 is 0 Å². The van der Waals surface area contributed by atoms with Crippen LogP contribution in [0.15, 0.2) is 64.7 Å². The number of ether oxygens (including phenoxy) is 1. The Kier molecular flexibility index (Phi) is 4.29. The fourth-order valence-corrected chi connectivity index (χ4v) is 3.84. The van der Waals surface area contributed by atoms with Crippen LogP contribution in [0.1, 0.15) is 22.1 Å². The average Bonchev–Trinajstić information content (AvgIpc) is 2.72. The minimum absolute atomic E-state index is 0.0144. The molecule has 0 spiro atoms. The molecule has 0 saturated heterocycles. The second-order valence-corrected chi connectivity index (χ2v) is 6.55. The molecule has 142 valence electrons. The van der Waals surface area contributed by atoms with E-state index in [-0.39, 0.29) is 28.8 Å². The van der Waals surface area contributed by atoms with Crippen LogP contribution in [0.25, 0.3) is 10.4 Å². The maximum atomic E-state index is 13.0. The van der Waals surface area contributed by atoms with E-state index in [0.29, 0.717) is 0 Å². The third-order valence-corrected chi connectivity index (χ3v) is 5.09. The molecule has 9 nitrogen and oxygen atoms in total. The fraction of sp³-hybridized carbons (Fsp3) is 0.263. The van der Waals surface area contributed by atoms with Crippen molar-refractivity contribution >= 4 is 5.91 Å². The molecule has 1 aromatic carbocycles. The van der Waals surface area contributed by atoms with Crippen LogP contribution in [0.5, 0.6) is 5.75 Å². The molecule has 3 heterocycles. The predicted molar refractivity (Wildman–Crippen MR) is 103 cm³/mol. The molecule has 9 heteroatoms. The highest BCUT2D eigenvalue weighted by atomic mass is 16.5. The number of rotatable bonds is 3. The highest BCUT2D eigenvalue weighted by molar-refractivity contribution is 5.96. The zero-order chi connectivity index (χ0) is 19.8. The first kappa shape index (κ1) is 17.7. The number of benzene rings is 1. The number of pyridine rings is 1. The summed E-state index contributed by atoms with van der Waals surface area (Å²) in [6.45, 7) is 0. The van der Waals surface area contributed by atoms with Gasteiger partial charge < -0.3 is 9.64 Å². The van der Waals surface area contributed by atoms with Gasteiger partial charge in [-0.05, 0) is 17.2 Å². The SMILES string of the molecule is COc1c2n(ccc1=O)N1[C@H](c3ccccc3)C(N=[N+]=[N-])C=C[C@H]1N(C)C2=O. The Hall–Kier alpha value is -3.71. The van der Waals surface area contributed by atoms with Crippen LogP contribution in [-0.2, 0) is 0 Å². The molecule has 1 unspecified atom stereocenters. The van der Waals surface area contributed by atoms with E-state index >= 15 is 0 Å². The van der Waals surface area contributed by atoms with Crippen LogP contribution in [-0.4, -0.2) is 41.8 Å². The Morgan fingerprint density at radius 3 is 2.57 bits per heavy atom. The molecular weight excluding hydrogens is 360 g/mol. The Bertz CT molecular complexity index is 1060. The third kappa shape index (κ3) is 2.52. The number of aromatic nitrogens is 1. The van der Waals surface area contributed by atoms with E-state index < -0.39 is 12.2 Å². The van der Waals surface area contributed by atoms with E-state index in [0.717, 1.165) is 5.56 Å². The van der Waals surface area contributed by atoms with Crippen LogP contribution in [0, 0.1) is 0 Å². The van der Waals surface area contributed by atoms with Crippen molar-refractivity contribution in [3.8, 4) is 5.75 Å². The van der Waals surface area contributed by atoms with Gasteiger partial charge in [-0.15, -0.1) is 0 Å². The van der Waals surface area contributed by atoms with E-state index in [1.54, 1.807) is 17.9 Å². The van der Waals surface area contributed by atoms with Crippen molar-refractivity contribution in [1.29, 1.82) is 0 Å². The van der Waals surface area contributed by atoms with E-state index in [4.69, 9.17) is 10.3 Å². The maximum Gasteiger partial charge on any atom is 0.278 e. The van der Waals surface area contributed by atoms with E-state index in [1.807, 2.05) is 47.5 Å². The summed E-state index contributed by atoms with van der Waals surface area (Å²) in [5.74, 6) is -0.339. The zero-order valence-electron chi connectivity index (χ0n) is 15.3. The lowest BCUT2D eigenvalue weighted by molar-refractivity contribution is 0.0650. The van der Waals surface area contributed by atoms with Crippen molar-refractivity contribution in [2.45, 2.75) is 18.2 Å². The lowest BCUT2D eigenvalue weighted by Crippen LogP contribution is -2.63. The smallest absolute Gasteiger partial charge is 0.278 e. The summed E-state index contributed by atoms with van der Waals surface area (Å²) >= 11 is 0. The molecule has 2 aliphatic rings. The van der Waals surface area contributed by atoms with Crippen LogP contribution in [0.4, 0.5) is 0 Å². The molecule has 4 rings (SSSR count). The molecule has 2 aromatic rings. The van der Waals surface area contributed by atoms with Crippen LogP contribution in [0.2, 0.25) is 0 Å². The number of amides is 1. The molecular formula is C19H18N6O3. The summed E-state index contributed by atoms with van der Waals surface area (Å²) in [6, 6.07) is 10.1. The van der Waals surface area contributed by atoms with Crippen molar-refractivity contribution in [2.24, 2.45) is 5.11 Å². The molecule has 1 aromatic heterocycles. The minimum Gasteiger partial charge on any atom is -0.491 e. The average molecular weight is 378 g/mol. The molecule has 0 N–H and O–H groups in total. The number of fused-ring (bicyclic) bond motifs is 3. The number of azide groups is 1. The van der Waals surface area contributed by atoms with Gasteiger partial charge in [-0.1, -0.05) is 41.5 Å². The first-order chi connectivity index (χ1) is 13.6. The van der Waals surface area contributed by atoms with E-state index in [2.05, 4.69) is 10.0 Å². The fourth-order valence-electron chi connectivity index (χ4n) is 3.84. The van der Waals surface area contributed by atoms with Gasteiger partial charge in [0.05, 0.1) is 19.2 Å². The molecule has 28 heavy (non-hydrogen) atoms. The van der Waals surface area contributed by atoms with E-state index in [9.17, 15) is 9.59 Å². The van der Waals surface area contributed by atoms with Gasteiger partial charge in [-0.25, -0.2) is 0 Å². The maximum absolute atomic E-state index is 13.0. The van der Waals surface area contributed by atoms with Gasteiger partial charge in [-0.3, -0.25) is 19.3 Å². The summed E-state index contributed by atoms with van der Waals surface area (Å²) < 4.78 is 6.88. The largest absolute Gasteiger partial charge is 0.491 e. The number of hydrogen-bond acceptors (Lipinski definition) is 5. The van der Waals surface area contributed by atoms with Crippen LogP contribution in [0.3, 0.4) is 0 Å². The number of methoxy groups -OCH3 is 1. The molecule has 1 amide bonds. The topological polar surface area (TPSA) is 104 Å². The third-order valence-electron chi connectivity index (χ3n) is 5.09. The number of likely N-dealkylation sites (N-methyl/N-ethyl adjacent to an activating group) is 1. The minimum atomic E-state index is -0.497. The normalized spacial score (nSPS) is 22.9. The first-order valence-electron chi connectivity index (χ1n) is 8.71. The van der Waals surface area contributed by atoms with Gasteiger partial charge in [-0.2, -0.15) is 0 Å². The molecule has 0 radical (unpaired) electrons. The summed E-state index contributed by atoms with van der Waals surface area (Å²) in [6.07, 6.45) is 4.78. The van der Waals surface area contributed by atoms with Crippen molar-refractivity contribution in [3.05, 3.63) is 86.7 Å². The van der Waals surface area contributed by atoms with Crippen LogP contribution >= 0.6 is 0 Å². The predicted octanol–water partition coefficient (Wildman–Crippen LogP) is 2.20. The van der Waals surface area contributed by atoms with Crippen LogP contribution < -0.4 is 15.2 Å². The number of carbonyl (C=O) groups excluding carboxylic acids is 1. The molecule has 3 atom stereocenters. The second kappa shape index (κ2) is 6.79. The Labute approximate surface area is 160 Å². The Balaban J connectivity index is 2.00. The lowest BCUT2D eigenvalue weighted by atomic mass is 9.94. The number of hydrogen-bond donors (Lipinski definition) is 0. The molecule has 0 aliphatic carbocycles. The molecule has 0 fully saturated rings. The lowest BCUT2D eigenvalue weighted by Gasteiger charge is -2.50. The summed E-state index contributed by atoms with van der Waals surface area (Å²) in [5, 5.41) is 5.88. The highest BCUT2D eigenvalue weighted by Crippen LogP contribution is 2.36.